The number of nitrogens with zero attached hydrogens (tertiary/aromatic N) is 3. The lowest BCUT2D eigenvalue weighted by molar-refractivity contribution is 1.11. The first kappa shape index (κ1) is 10.5. The van der Waals surface area contributed by atoms with E-state index in [9.17, 15) is 0 Å². The van der Waals surface area contributed by atoms with Crippen LogP contribution in [0.15, 0.2) is 36.5 Å². The molecule has 18 heavy (non-hydrogen) atoms. The van der Waals surface area contributed by atoms with Gasteiger partial charge in [0, 0.05) is 11.6 Å². The summed E-state index contributed by atoms with van der Waals surface area (Å²) in [5, 5.41) is 17.2. The third-order valence-electron chi connectivity index (χ3n) is 2.94. The minimum Gasteiger partial charge on any atom is -0.277 e. The predicted octanol–water partition coefficient (Wildman–Crippen LogP) is 2.80. The highest BCUT2D eigenvalue weighted by molar-refractivity contribution is 5.93. The van der Waals surface area contributed by atoms with Crippen LogP contribution in [-0.4, -0.2) is 15.2 Å². The van der Waals surface area contributed by atoms with Gasteiger partial charge in [-0.2, -0.15) is 10.4 Å². The van der Waals surface area contributed by atoms with E-state index in [4.69, 9.17) is 5.26 Å². The molecule has 0 atom stereocenters. The quantitative estimate of drug-likeness (QED) is 0.704. The van der Waals surface area contributed by atoms with Crippen LogP contribution in [0, 0.1) is 18.3 Å². The van der Waals surface area contributed by atoms with E-state index in [1.807, 2.05) is 37.3 Å². The monoisotopic (exact) mass is 234 g/mol. The molecule has 2 aromatic heterocycles. The van der Waals surface area contributed by atoms with Crippen molar-refractivity contribution in [3.8, 4) is 17.5 Å². The average molecular weight is 234 g/mol. The highest BCUT2D eigenvalue weighted by atomic mass is 15.1. The molecule has 4 nitrogen and oxygen atoms in total. The van der Waals surface area contributed by atoms with E-state index >= 15 is 0 Å². The van der Waals surface area contributed by atoms with Crippen molar-refractivity contribution < 1.29 is 0 Å². The first-order chi connectivity index (χ1) is 8.79. The van der Waals surface area contributed by atoms with E-state index in [1.54, 1.807) is 6.20 Å². The van der Waals surface area contributed by atoms with Gasteiger partial charge in [0.15, 0.2) is 0 Å². The number of hydrogen-bond acceptors (Lipinski definition) is 3. The smallest absolute Gasteiger partial charge is 0.118 e. The molecule has 86 valence electrons. The molecule has 0 unspecified atom stereocenters. The Hall–Kier alpha value is -2.67. The fourth-order valence-electron chi connectivity index (χ4n) is 1.99. The Bertz CT molecular complexity index is 751. The molecule has 0 bridgehead atoms. The second-order valence-corrected chi connectivity index (χ2v) is 4.11. The molecule has 0 aliphatic rings. The Morgan fingerprint density at radius 3 is 2.89 bits per heavy atom. The second-order valence-electron chi connectivity index (χ2n) is 4.11. The minimum atomic E-state index is 0.665. The molecule has 4 heteroatoms. The van der Waals surface area contributed by atoms with Crippen molar-refractivity contribution >= 4 is 10.9 Å². The van der Waals surface area contributed by atoms with Crippen molar-refractivity contribution in [2.45, 2.75) is 6.92 Å². The van der Waals surface area contributed by atoms with Gasteiger partial charge in [0.1, 0.15) is 5.69 Å². The average Bonchev–Trinajstić information content (AvgIpc) is 2.81. The summed E-state index contributed by atoms with van der Waals surface area (Å²) < 4.78 is 0. The first-order valence-electron chi connectivity index (χ1n) is 5.60. The Kier molecular flexibility index (Phi) is 2.31. The van der Waals surface area contributed by atoms with Gasteiger partial charge in [-0.25, -0.2) is 0 Å². The normalized spacial score (nSPS) is 10.4. The summed E-state index contributed by atoms with van der Waals surface area (Å²) in [6.07, 6.45) is 1.74. The van der Waals surface area contributed by atoms with Crippen LogP contribution in [0.3, 0.4) is 0 Å². The molecular formula is C14H10N4. The third-order valence-corrected chi connectivity index (χ3v) is 2.94. The number of nitrogens with one attached hydrogen (secondary N) is 1. The van der Waals surface area contributed by atoms with Gasteiger partial charge in [-0.3, -0.25) is 10.1 Å². The van der Waals surface area contributed by atoms with Crippen molar-refractivity contribution in [3.05, 3.63) is 47.7 Å². The maximum absolute atomic E-state index is 9.01. The van der Waals surface area contributed by atoms with E-state index in [1.165, 1.54) is 0 Å². The Morgan fingerprint density at radius 1 is 1.28 bits per heavy atom. The van der Waals surface area contributed by atoms with Gasteiger partial charge in [0.2, 0.25) is 0 Å². The fraction of sp³-hybridized carbons (Fsp3) is 0.0714. The van der Waals surface area contributed by atoms with Crippen LogP contribution in [0.5, 0.6) is 0 Å². The third kappa shape index (κ3) is 1.54. The number of aryl methyl sites for hydroxylation is 1. The lowest BCUT2D eigenvalue weighted by Crippen LogP contribution is -1.84. The molecule has 0 saturated heterocycles. The molecule has 3 aromatic rings. The standard InChI is InChI=1S/C14H10N4/c1-9-6-11-13(7-10(9)8-15)17-18-14(11)12-4-2-3-5-16-12/h2-7H,1H3,(H,17,18). The van der Waals surface area contributed by atoms with E-state index < -0.39 is 0 Å². The van der Waals surface area contributed by atoms with Gasteiger partial charge in [-0.05, 0) is 36.8 Å². The van der Waals surface area contributed by atoms with Crippen LogP contribution < -0.4 is 0 Å². The van der Waals surface area contributed by atoms with E-state index in [-0.39, 0.29) is 0 Å². The number of benzene rings is 1. The molecule has 1 aromatic carbocycles. The van der Waals surface area contributed by atoms with Crippen molar-refractivity contribution in [3.63, 3.8) is 0 Å². The zero-order chi connectivity index (χ0) is 12.5. The summed E-state index contributed by atoms with van der Waals surface area (Å²) in [7, 11) is 0. The Morgan fingerprint density at radius 2 is 2.17 bits per heavy atom. The summed E-state index contributed by atoms with van der Waals surface area (Å²) in [5.74, 6) is 0. The molecule has 0 amide bonds. The van der Waals surface area contributed by atoms with Crippen LogP contribution in [0.1, 0.15) is 11.1 Å². The van der Waals surface area contributed by atoms with Gasteiger partial charge in [0.05, 0.1) is 22.8 Å². The maximum atomic E-state index is 9.01. The first-order valence-corrected chi connectivity index (χ1v) is 5.60. The van der Waals surface area contributed by atoms with Gasteiger partial charge < -0.3 is 0 Å². The van der Waals surface area contributed by atoms with Crippen LogP contribution in [-0.2, 0) is 0 Å². The SMILES string of the molecule is Cc1cc2c(-c3ccccn3)n[nH]c2cc1C#N. The van der Waals surface area contributed by atoms with Crippen molar-refractivity contribution in [2.75, 3.05) is 0 Å². The van der Waals surface area contributed by atoms with Crippen molar-refractivity contribution in [1.29, 1.82) is 5.26 Å². The van der Waals surface area contributed by atoms with Crippen LogP contribution in [0.25, 0.3) is 22.3 Å². The summed E-state index contributed by atoms with van der Waals surface area (Å²) >= 11 is 0. The zero-order valence-electron chi connectivity index (χ0n) is 9.81. The predicted molar refractivity (Wildman–Crippen MR) is 68.8 cm³/mol. The highest BCUT2D eigenvalue weighted by Gasteiger charge is 2.10. The van der Waals surface area contributed by atoms with Gasteiger partial charge in [-0.15, -0.1) is 0 Å². The van der Waals surface area contributed by atoms with E-state index in [0.717, 1.165) is 27.9 Å². The molecule has 0 aliphatic heterocycles. The number of aromatic amines is 1. The summed E-state index contributed by atoms with van der Waals surface area (Å²) in [6, 6.07) is 11.7. The largest absolute Gasteiger partial charge is 0.277 e. The van der Waals surface area contributed by atoms with Crippen LogP contribution in [0.4, 0.5) is 0 Å². The van der Waals surface area contributed by atoms with Crippen molar-refractivity contribution in [2.24, 2.45) is 0 Å². The topological polar surface area (TPSA) is 65.4 Å². The molecule has 2 heterocycles. The summed E-state index contributed by atoms with van der Waals surface area (Å²) in [5.41, 5.74) is 4.12. The molecule has 0 spiro atoms. The maximum Gasteiger partial charge on any atom is 0.118 e. The van der Waals surface area contributed by atoms with Gasteiger partial charge in [0.25, 0.3) is 0 Å². The Balaban J connectivity index is 2.28. The number of rotatable bonds is 1. The van der Waals surface area contributed by atoms with E-state index in [0.29, 0.717) is 5.56 Å². The summed E-state index contributed by atoms with van der Waals surface area (Å²) in [4.78, 5) is 4.30. The number of fused-ring (bicyclic) bond motifs is 1. The number of pyridine rings is 1. The van der Waals surface area contributed by atoms with Gasteiger partial charge in [-0.1, -0.05) is 6.07 Å². The number of H-pyrrole nitrogens is 1. The molecule has 1 N–H and O–H groups in total. The number of aromatic nitrogens is 3. The fourth-order valence-corrected chi connectivity index (χ4v) is 1.99. The molecule has 0 radical (unpaired) electrons. The molecule has 0 fully saturated rings. The van der Waals surface area contributed by atoms with Crippen molar-refractivity contribution in [1.82, 2.24) is 15.2 Å². The van der Waals surface area contributed by atoms with Crippen LogP contribution in [0.2, 0.25) is 0 Å². The lowest BCUT2D eigenvalue weighted by atomic mass is 10.0. The second kappa shape index (κ2) is 3.97. The zero-order valence-corrected chi connectivity index (χ0v) is 9.81. The Labute approximate surface area is 104 Å². The molecule has 0 aliphatic carbocycles. The number of hydrogen-bond donors (Lipinski definition) is 1. The number of nitriles is 1. The van der Waals surface area contributed by atoms with E-state index in [2.05, 4.69) is 21.3 Å². The molecular weight excluding hydrogens is 224 g/mol. The molecule has 3 rings (SSSR count). The van der Waals surface area contributed by atoms with Crippen LogP contribution >= 0.6 is 0 Å². The minimum absolute atomic E-state index is 0.665. The highest BCUT2D eigenvalue weighted by Crippen LogP contribution is 2.26. The summed E-state index contributed by atoms with van der Waals surface area (Å²) in [6.45, 7) is 1.92. The lowest BCUT2D eigenvalue weighted by Gasteiger charge is -1.99. The van der Waals surface area contributed by atoms with Gasteiger partial charge >= 0.3 is 0 Å². The molecule has 0 saturated carbocycles.